The molecule has 6 aromatic rings. The Labute approximate surface area is 441 Å². The van der Waals surface area contributed by atoms with E-state index in [4.69, 9.17) is 28.9 Å². The average molecular weight is 1080 g/mol. The number of nitrogens with zero attached hydrogens (tertiary/aromatic N) is 6. The molecule has 6 N–H and O–H groups in total. The van der Waals surface area contributed by atoms with Crippen molar-refractivity contribution in [1.29, 1.82) is 0 Å². The molecule has 0 saturated heterocycles. The van der Waals surface area contributed by atoms with E-state index in [2.05, 4.69) is 30.8 Å². The molecule has 24 heteroatoms. The molecule has 1 aromatic heterocycles. The SMILES string of the molecule is COc1ccc(CN(Cc2ccc(OC)cc2)S(=O)(=O)c2c(S(=O)(=O)NC[C@@H](O)CNC(=O)OC(C)(C)C)ccc(-c3cccc4[nH]c(CN(C(=O)O)C(C)(C)C)nc34)c2C2=Nc3cc(ccc3OC)CN=NN2)cc1. The highest BCUT2D eigenvalue weighted by Crippen LogP contribution is 2.41. The zero-order chi connectivity index (χ0) is 55.2. The summed E-state index contributed by atoms with van der Waals surface area (Å²) in [5.41, 5.74) is 3.83. The van der Waals surface area contributed by atoms with E-state index in [-0.39, 0.29) is 71.5 Å². The Morgan fingerprint density at radius 1 is 0.789 bits per heavy atom. The number of amides is 2. The van der Waals surface area contributed by atoms with Crippen molar-refractivity contribution in [3.63, 3.8) is 0 Å². The predicted molar refractivity (Wildman–Crippen MR) is 284 cm³/mol. The van der Waals surface area contributed by atoms with E-state index in [0.717, 1.165) is 10.4 Å². The molecule has 5 aromatic carbocycles. The Morgan fingerprint density at radius 2 is 1.43 bits per heavy atom. The molecule has 0 unspecified atom stereocenters. The highest BCUT2D eigenvalue weighted by atomic mass is 32.2. The lowest BCUT2D eigenvalue weighted by atomic mass is 9.97. The first-order valence-corrected chi connectivity index (χ1v) is 26.8. The van der Waals surface area contributed by atoms with E-state index in [1.54, 1.807) is 126 Å². The summed E-state index contributed by atoms with van der Waals surface area (Å²) in [5, 5.41) is 32.2. The maximum absolute atomic E-state index is 16.4. The van der Waals surface area contributed by atoms with Gasteiger partial charge in [0.2, 0.25) is 20.0 Å². The number of aliphatic hydroxyl groups is 1. The second-order valence-corrected chi connectivity index (χ2v) is 23.2. The van der Waals surface area contributed by atoms with E-state index in [9.17, 15) is 19.8 Å². The Bertz CT molecular complexity index is 3320. The quantitative estimate of drug-likeness (QED) is 0.0455. The Hall–Kier alpha value is -7.64. The molecule has 404 valence electrons. The third-order valence-electron chi connectivity index (χ3n) is 11.8. The van der Waals surface area contributed by atoms with Crippen molar-refractivity contribution < 1.29 is 55.6 Å². The molecule has 22 nitrogen and oxygen atoms in total. The normalized spacial score (nSPS) is 13.4. The number of carboxylic acid groups (broad SMARTS) is 1. The smallest absolute Gasteiger partial charge is 0.408 e. The van der Waals surface area contributed by atoms with Crippen LogP contribution in [0.4, 0.5) is 15.3 Å². The van der Waals surface area contributed by atoms with Crippen molar-refractivity contribution in [3.05, 3.63) is 125 Å². The molecule has 0 aliphatic carbocycles. The minimum atomic E-state index is -5.14. The number of carbonyl (C=O) groups is 2. The van der Waals surface area contributed by atoms with Gasteiger partial charge in [0.1, 0.15) is 44.2 Å². The van der Waals surface area contributed by atoms with Crippen molar-refractivity contribution in [2.45, 2.75) is 94.8 Å². The summed E-state index contributed by atoms with van der Waals surface area (Å²) in [6, 6.07) is 26.1. The van der Waals surface area contributed by atoms with E-state index < -0.39 is 72.4 Å². The maximum Gasteiger partial charge on any atom is 0.408 e. The Morgan fingerprint density at radius 3 is 2.01 bits per heavy atom. The molecular formula is C52H62N10O12S2. The van der Waals surface area contributed by atoms with Crippen molar-refractivity contribution >= 4 is 54.8 Å². The number of nitrogens with one attached hydrogen (secondary N) is 4. The fraction of sp³-hybridized carbons (Fsp3) is 0.346. The molecule has 2 heterocycles. The minimum absolute atomic E-state index is 0.0725. The highest BCUT2D eigenvalue weighted by molar-refractivity contribution is 7.92. The van der Waals surface area contributed by atoms with Gasteiger partial charge in [0.25, 0.3) is 0 Å². The number of rotatable bonds is 19. The van der Waals surface area contributed by atoms with Gasteiger partial charge in [0.05, 0.1) is 51.6 Å². The van der Waals surface area contributed by atoms with E-state index in [0.29, 0.717) is 33.7 Å². The van der Waals surface area contributed by atoms with Crippen LogP contribution in [0.5, 0.6) is 17.2 Å². The van der Waals surface area contributed by atoms with Crippen molar-refractivity contribution in [3.8, 4) is 28.4 Å². The zero-order valence-electron chi connectivity index (χ0n) is 43.5. The van der Waals surface area contributed by atoms with Crippen LogP contribution in [0.25, 0.3) is 22.2 Å². The first kappa shape index (κ1) is 56.1. The number of hydrogen-bond acceptors (Lipinski definition) is 16. The van der Waals surface area contributed by atoms with Gasteiger partial charge < -0.3 is 39.5 Å². The molecular weight excluding hydrogens is 1020 g/mol. The molecule has 0 fully saturated rings. The lowest BCUT2D eigenvalue weighted by Crippen LogP contribution is -2.44. The van der Waals surface area contributed by atoms with Crippen molar-refractivity contribution in [1.82, 2.24) is 34.6 Å². The molecule has 2 amide bonds. The third-order valence-corrected chi connectivity index (χ3v) is 15.3. The second kappa shape index (κ2) is 23.1. The molecule has 1 aliphatic rings. The zero-order valence-corrected chi connectivity index (χ0v) is 45.2. The number of aliphatic imine (C=N–C) groups is 1. The van der Waals surface area contributed by atoms with Gasteiger partial charge in [-0.1, -0.05) is 53.8 Å². The number of sulfonamides is 2. The first-order chi connectivity index (χ1) is 35.9. The maximum atomic E-state index is 16.4. The number of fused-ring (bicyclic) bond motifs is 3. The minimum Gasteiger partial charge on any atom is -0.497 e. The van der Waals surface area contributed by atoms with E-state index in [1.807, 2.05) is 0 Å². The topological polar surface area (TPSA) is 288 Å². The first-order valence-electron chi connectivity index (χ1n) is 23.9. The van der Waals surface area contributed by atoms with Crippen molar-refractivity contribution in [2.24, 2.45) is 15.3 Å². The summed E-state index contributed by atoms with van der Waals surface area (Å²) < 4.78 is 88.4. The molecule has 0 saturated carbocycles. The number of carbonyl (C=O) groups excluding carboxylic acids is 1. The molecule has 1 atom stereocenters. The summed E-state index contributed by atoms with van der Waals surface area (Å²) in [5.74, 6) is 1.27. The molecule has 2 bridgehead atoms. The largest absolute Gasteiger partial charge is 0.497 e. The number of para-hydroxylation sites is 1. The number of methoxy groups -OCH3 is 3. The van der Waals surface area contributed by atoms with Crippen LogP contribution in [-0.4, -0.2) is 116 Å². The van der Waals surface area contributed by atoms with Crippen LogP contribution >= 0.6 is 0 Å². The standard InChI is InChI=1S/C52H62N10O12S2/c1-51(2,3)62(50(65)66)31-44-56-40-12-10-11-39(46(40)58-44)38-22-24-43(75(67,68)55-28-35(63)27-53-49(64)74-52(4,5)6)47(45(38)48-57-41-25-34(26-54-60-59-48)17-23-42(41)73-9)76(69,70)61(29-32-13-18-36(71-7)19-14-32)30-33-15-20-37(72-8)21-16-33/h10-25,35,55,63H,26-31H2,1-9H3,(H,53,64)(H,56,58)(H,65,66)(H,54,57,59)/t35-/m0/s1. The van der Waals surface area contributed by atoms with Gasteiger partial charge in [-0.25, -0.2) is 46.5 Å². The van der Waals surface area contributed by atoms with Gasteiger partial charge in [-0.2, -0.15) is 9.42 Å². The second-order valence-electron chi connectivity index (χ2n) is 19.6. The van der Waals surface area contributed by atoms with Crippen LogP contribution in [0.3, 0.4) is 0 Å². The fourth-order valence-corrected chi connectivity index (χ4v) is 11.6. The van der Waals surface area contributed by atoms with Crippen LogP contribution in [0.15, 0.2) is 122 Å². The molecule has 0 spiro atoms. The van der Waals surface area contributed by atoms with Gasteiger partial charge >= 0.3 is 12.2 Å². The number of aliphatic hydroxyl groups excluding tert-OH is 1. The summed E-state index contributed by atoms with van der Waals surface area (Å²) in [6.07, 6.45) is -3.56. The molecule has 1 aliphatic heterocycles. The highest BCUT2D eigenvalue weighted by Gasteiger charge is 2.39. The predicted octanol–water partition coefficient (Wildman–Crippen LogP) is 7.64. The number of aromatic amines is 1. The number of ether oxygens (including phenoxy) is 4. The lowest BCUT2D eigenvalue weighted by Gasteiger charge is -2.32. The number of hydrogen-bond donors (Lipinski definition) is 6. The summed E-state index contributed by atoms with van der Waals surface area (Å²) >= 11 is 0. The summed E-state index contributed by atoms with van der Waals surface area (Å²) in [7, 11) is -5.71. The Kier molecular flexibility index (Phi) is 17.0. The van der Waals surface area contributed by atoms with Crippen LogP contribution in [0, 0.1) is 0 Å². The van der Waals surface area contributed by atoms with Gasteiger partial charge in [-0.15, -0.1) is 0 Å². The van der Waals surface area contributed by atoms with Crippen LogP contribution in [0.1, 0.15) is 69.6 Å². The summed E-state index contributed by atoms with van der Waals surface area (Å²) in [6.45, 7) is 8.39. The van der Waals surface area contributed by atoms with Crippen molar-refractivity contribution in [2.75, 3.05) is 34.4 Å². The van der Waals surface area contributed by atoms with E-state index in [1.165, 1.54) is 32.3 Å². The summed E-state index contributed by atoms with van der Waals surface area (Å²) in [4.78, 5) is 37.7. The van der Waals surface area contributed by atoms with E-state index >= 15 is 16.8 Å². The number of imidazole rings is 1. The van der Waals surface area contributed by atoms with Gasteiger partial charge in [0.15, 0.2) is 5.84 Å². The molecule has 7 rings (SSSR count). The number of aromatic nitrogens is 2. The van der Waals surface area contributed by atoms with Crippen LogP contribution in [-0.2, 0) is 51.0 Å². The molecule has 76 heavy (non-hydrogen) atoms. The van der Waals surface area contributed by atoms with Gasteiger partial charge in [-0.3, -0.25) is 4.90 Å². The number of alkyl carbamates (subject to hydrolysis) is 1. The molecule has 0 radical (unpaired) electrons. The lowest BCUT2D eigenvalue weighted by molar-refractivity contribution is 0.0493. The average Bonchev–Trinajstić information content (AvgIpc) is 3.82. The van der Waals surface area contributed by atoms with Gasteiger partial charge in [0, 0.05) is 42.8 Å². The number of benzene rings is 5. The monoisotopic (exact) mass is 1080 g/mol. The van der Waals surface area contributed by atoms with Crippen LogP contribution in [0.2, 0.25) is 0 Å². The third kappa shape index (κ3) is 13.4. The Balaban J connectivity index is 1.53. The fourth-order valence-electron chi connectivity index (χ4n) is 8.08. The number of H-pyrrole nitrogens is 1. The van der Waals surface area contributed by atoms with Gasteiger partial charge in [-0.05, 0) is 112 Å². The number of amidine groups is 1. The van der Waals surface area contributed by atoms with Crippen LogP contribution < -0.4 is 29.7 Å².